The van der Waals surface area contributed by atoms with Crippen molar-refractivity contribution in [3.63, 3.8) is 0 Å². The van der Waals surface area contributed by atoms with Gasteiger partial charge in [0.05, 0.1) is 6.20 Å². The molecular formula is C11H17F2N3. The summed E-state index contributed by atoms with van der Waals surface area (Å²) in [6.45, 7) is 4.56. The fourth-order valence-electron chi connectivity index (χ4n) is 1.46. The summed E-state index contributed by atoms with van der Waals surface area (Å²) in [6.07, 6.45) is 1.81. The Bertz CT molecular complexity index is 342. The predicted octanol–water partition coefficient (Wildman–Crippen LogP) is 2.15. The van der Waals surface area contributed by atoms with Crippen LogP contribution in [0.4, 0.5) is 14.6 Å². The van der Waals surface area contributed by atoms with E-state index >= 15 is 0 Å². The highest BCUT2D eigenvalue weighted by Crippen LogP contribution is 2.11. The largest absolute Gasteiger partial charge is 0.366 e. The number of rotatable bonds is 5. The maximum absolute atomic E-state index is 13.2. The van der Waals surface area contributed by atoms with Gasteiger partial charge in [0.15, 0.2) is 11.6 Å². The zero-order chi connectivity index (χ0) is 12.1. The molecule has 16 heavy (non-hydrogen) atoms. The van der Waals surface area contributed by atoms with Crippen molar-refractivity contribution in [2.45, 2.75) is 26.3 Å². The van der Waals surface area contributed by atoms with Crippen molar-refractivity contribution in [2.24, 2.45) is 11.7 Å². The third-order valence-electron chi connectivity index (χ3n) is 2.11. The summed E-state index contributed by atoms with van der Waals surface area (Å²) in [5.41, 5.74) is 5.82. The van der Waals surface area contributed by atoms with Gasteiger partial charge in [0.2, 0.25) is 0 Å². The highest BCUT2D eigenvalue weighted by Gasteiger charge is 2.08. The van der Waals surface area contributed by atoms with Crippen molar-refractivity contribution < 1.29 is 8.78 Å². The maximum Gasteiger partial charge on any atom is 0.168 e. The number of anilines is 1. The fourth-order valence-corrected chi connectivity index (χ4v) is 1.46. The van der Waals surface area contributed by atoms with Gasteiger partial charge in [-0.25, -0.2) is 13.8 Å². The Morgan fingerprint density at radius 1 is 1.44 bits per heavy atom. The molecule has 1 rings (SSSR count). The smallest absolute Gasteiger partial charge is 0.168 e. The highest BCUT2D eigenvalue weighted by atomic mass is 19.1. The first kappa shape index (κ1) is 12.8. The molecule has 0 aliphatic heterocycles. The van der Waals surface area contributed by atoms with E-state index in [4.69, 9.17) is 5.73 Å². The first-order chi connectivity index (χ1) is 7.49. The molecule has 1 aromatic heterocycles. The second-order valence-electron chi connectivity index (χ2n) is 4.25. The van der Waals surface area contributed by atoms with Gasteiger partial charge in [0.1, 0.15) is 5.82 Å². The van der Waals surface area contributed by atoms with Crippen LogP contribution in [0.25, 0.3) is 0 Å². The molecule has 0 bridgehead atoms. The van der Waals surface area contributed by atoms with Gasteiger partial charge < -0.3 is 11.1 Å². The van der Waals surface area contributed by atoms with Crippen molar-refractivity contribution in [2.75, 3.05) is 11.9 Å². The second-order valence-corrected chi connectivity index (χ2v) is 4.25. The van der Waals surface area contributed by atoms with Crippen LogP contribution in [0.5, 0.6) is 0 Å². The number of nitrogens with one attached hydrogen (secondary N) is 1. The quantitative estimate of drug-likeness (QED) is 0.813. The average Bonchev–Trinajstić information content (AvgIpc) is 2.15. The second kappa shape index (κ2) is 5.75. The first-order valence-corrected chi connectivity index (χ1v) is 5.29. The van der Waals surface area contributed by atoms with Crippen LogP contribution in [0.15, 0.2) is 12.3 Å². The van der Waals surface area contributed by atoms with Crippen LogP contribution in [-0.2, 0) is 0 Å². The van der Waals surface area contributed by atoms with E-state index in [-0.39, 0.29) is 11.9 Å². The number of pyridine rings is 1. The van der Waals surface area contributed by atoms with Crippen molar-refractivity contribution >= 4 is 5.82 Å². The number of nitrogens with zero attached hydrogens (tertiary/aromatic N) is 1. The van der Waals surface area contributed by atoms with Crippen LogP contribution in [-0.4, -0.2) is 17.6 Å². The molecule has 0 saturated carbocycles. The van der Waals surface area contributed by atoms with Gasteiger partial charge in [-0.1, -0.05) is 13.8 Å². The minimum absolute atomic E-state index is 0.0422. The topological polar surface area (TPSA) is 50.9 Å². The summed E-state index contributed by atoms with van der Waals surface area (Å²) in [4.78, 5) is 3.61. The fraction of sp³-hybridized carbons (Fsp3) is 0.545. The zero-order valence-electron chi connectivity index (χ0n) is 9.50. The van der Waals surface area contributed by atoms with Gasteiger partial charge in [0, 0.05) is 18.7 Å². The molecule has 90 valence electrons. The van der Waals surface area contributed by atoms with Crippen LogP contribution in [0.2, 0.25) is 0 Å². The molecule has 0 aliphatic carbocycles. The predicted molar refractivity (Wildman–Crippen MR) is 60.1 cm³/mol. The number of nitrogens with two attached hydrogens (primary N) is 1. The lowest BCUT2D eigenvalue weighted by atomic mass is 10.0. The Morgan fingerprint density at radius 2 is 2.12 bits per heavy atom. The SMILES string of the molecule is CC(C)CC(N)CNc1ncc(F)cc1F. The third-order valence-corrected chi connectivity index (χ3v) is 2.11. The Balaban J connectivity index is 2.48. The molecule has 1 heterocycles. The van der Waals surface area contributed by atoms with Gasteiger partial charge in [-0.15, -0.1) is 0 Å². The monoisotopic (exact) mass is 229 g/mol. The Morgan fingerprint density at radius 3 is 2.69 bits per heavy atom. The molecule has 5 heteroatoms. The van der Waals surface area contributed by atoms with E-state index in [0.717, 1.165) is 18.7 Å². The van der Waals surface area contributed by atoms with Gasteiger partial charge in [-0.05, 0) is 12.3 Å². The Kier molecular flexibility index (Phi) is 4.61. The molecule has 0 spiro atoms. The number of hydrogen-bond donors (Lipinski definition) is 2. The highest BCUT2D eigenvalue weighted by molar-refractivity contribution is 5.35. The standard InChI is InChI=1S/C11H17F2N3/c1-7(2)3-9(14)6-16-11-10(13)4-8(12)5-15-11/h4-5,7,9H,3,6,14H2,1-2H3,(H,15,16). The molecule has 3 nitrogen and oxygen atoms in total. The molecule has 0 radical (unpaired) electrons. The van der Waals surface area contributed by atoms with Crippen LogP contribution < -0.4 is 11.1 Å². The molecule has 3 N–H and O–H groups in total. The van der Waals surface area contributed by atoms with E-state index in [2.05, 4.69) is 24.1 Å². The summed E-state index contributed by atoms with van der Waals surface area (Å²) in [6, 6.07) is 0.731. The van der Waals surface area contributed by atoms with E-state index < -0.39 is 11.6 Å². The van der Waals surface area contributed by atoms with E-state index in [1.165, 1.54) is 0 Å². The van der Waals surface area contributed by atoms with Gasteiger partial charge in [-0.3, -0.25) is 0 Å². The lowest BCUT2D eigenvalue weighted by molar-refractivity contribution is 0.506. The summed E-state index contributed by atoms with van der Waals surface area (Å²) >= 11 is 0. The zero-order valence-corrected chi connectivity index (χ0v) is 9.50. The van der Waals surface area contributed by atoms with Gasteiger partial charge >= 0.3 is 0 Å². The first-order valence-electron chi connectivity index (χ1n) is 5.29. The normalized spacial score (nSPS) is 12.9. The summed E-state index contributed by atoms with van der Waals surface area (Å²) in [7, 11) is 0. The molecule has 0 aliphatic rings. The van der Waals surface area contributed by atoms with E-state index in [1.807, 2.05) is 0 Å². The number of halogens is 2. The van der Waals surface area contributed by atoms with Crippen molar-refractivity contribution in [1.82, 2.24) is 4.98 Å². The van der Waals surface area contributed by atoms with Crippen LogP contribution >= 0.6 is 0 Å². The summed E-state index contributed by atoms with van der Waals surface area (Å²) < 4.78 is 25.7. The molecule has 1 unspecified atom stereocenters. The summed E-state index contributed by atoms with van der Waals surface area (Å²) in [5, 5.41) is 2.77. The molecule has 1 aromatic rings. The number of hydrogen-bond acceptors (Lipinski definition) is 3. The molecule has 0 fully saturated rings. The molecule has 0 aromatic carbocycles. The Labute approximate surface area is 94.1 Å². The molecule has 0 amide bonds. The molecule has 0 saturated heterocycles. The van der Waals surface area contributed by atoms with E-state index in [1.54, 1.807) is 0 Å². The van der Waals surface area contributed by atoms with Crippen molar-refractivity contribution in [1.29, 1.82) is 0 Å². The number of aromatic nitrogens is 1. The average molecular weight is 229 g/mol. The van der Waals surface area contributed by atoms with Gasteiger partial charge in [0.25, 0.3) is 0 Å². The van der Waals surface area contributed by atoms with Gasteiger partial charge in [-0.2, -0.15) is 0 Å². The molecular weight excluding hydrogens is 212 g/mol. The van der Waals surface area contributed by atoms with Crippen molar-refractivity contribution in [3.8, 4) is 0 Å². The van der Waals surface area contributed by atoms with Crippen LogP contribution in [0.3, 0.4) is 0 Å². The lowest BCUT2D eigenvalue weighted by Gasteiger charge is -2.15. The van der Waals surface area contributed by atoms with E-state index in [9.17, 15) is 8.78 Å². The van der Waals surface area contributed by atoms with Crippen LogP contribution in [0.1, 0.15) is 20.3 Å². The van der Waals surface area contributed by atoms with Crippen molar-refractivity contribution in [3.05, 3.63) is 23.9 Å². The minimum Gasteiger partial charge on any atom is -0.366 e. The molecule has 1 atom stereocenters. The minimum atomic E-state index is -0.697. The third kappa shape index (κ3) is 4.10. The Hall–Kier alpha value is -1.23. The summed E-state index contributed by atoms with van der Waals surface area (Å²) in [5.74, 6) is -0.852. The van der Waals surface area contributed by atoms with Crippen LogP contribution in [0, 0.1) is 17.6 Å². The van der Waals surface area contributed by atoms with E-state index in [0.29, 0.717) is 12.5 Å². The lowest BCUT2D eigenvalue weighted by Crippen LogP contribution is -2.30. The maximum atomic E-state index is 13.2.